The van der Waals surface area contributed by atoms with Crippen LogP contribution in [0.3, 0.4) is 0 Å². The smallest absolute Gasteiger partial charge is 0.198 e. The maximum Gasteiger partial charge on any atom is 0.198 e. The second kappa shape index (κ2) is 8.67. The number of fused-ring (bicyclic) bond motifs is 1. The minimum Gasteiger partial charge on any atom is -0.403 e. The topological polar surface area (TPSA) is 9.23 Å². The van der Waals surface area contributed by atoms with Gasteiger partial charge in [0.15, 0.2) is 8.32 Å². The Balaban J connectivity index is 2.31. The van der Waals surface area contributed by atoms with Crippen LogP contribution >= 0.6 is 15.9 Å². The van der Waals surface area contributed by atoms with Gasteiger partial charge in [-0.3, -0.25) is 0 Å². The molecule has 0 bridgehead atoms. The van der Waals surface area contributed by atoms with Gasteiger partial charge in [0.2, 0.25) is 0 Å². The summed E-state index contributed by atoms with van der Waals surface area (Å²) in [6.07, 6.45) is 6.48. The van der Waals surface area contributed by atoms with E-state index in [2.05, 4.69) is 78.3 Å². The van der Waals surface area contributed by atoms with Gasteiger partial charge in [-0.25, -0.2) is 0 Å². The summed E-state index contributed by atoms with van der Waals surface area (Å²) in [5.41, 5.74) is 4.97. The van der Waals surface area contributed by atoms with E-state index in [0.29, 0.717) is 0 Å². The third-order valence-corrected chi connectivity index (χ3v) is 9.65. The number of alkyl halides is 1. The van der Waals surface area contributed by atoms with Crippen molar-refractivity contribution in [3.8, 4) is 11.8 Å². The average molecular weight is 401 g/mol. The Kier molecular flexibility index (Phi) is 6.86. The second-order valence-corrected chi connectivity index (χ2v) is 12.3. The third kappa shape index (κ3) is 4.83. The fourth-order valence-electron chi connectivity index (χ4n) is 2.79. The Labute approximate surface area is 155 Å². The highest BCUT2D eigenvalue weighted by Crippen LogP contribution is 2.31. The first-order valence-electron chi connectivity index (χ1n) is 8.31. The summed E-state index contributed by atoms with van der Waals surface area (Å²) in [7, 11) is -1.72. The van der Waals surface area contributed by atoms with Crippen molar-refractivity contribution in [3.63, 3.8) is 0 Å². The molecule has 0 saturated carbocycles. The molecule has 126 valence electrons. The van der Waals surface area contributed by atoms with Crippen molar-refractivity contribution in [2.24, 2.45) is 0 Å². The molecule has 1 aliphatic carbocycles. The number of rotatable bonds is 6. The highest BCUT2D eigenvalue weighted by atomic mass is 79.9. The van der Waals surface area contributed by atoms with E-state index in [-0.39, 0.29) is 6.10 Å². The molecule has 3 heteroatoms. The van der Waals surface area contributed by atoms with E-state index in [9.17, 15) is 0 Å². The van der Waals surface area contributed by atoms with Crippen LogP contribution in [0.15, 0.2) is 55.1 Å². The lowest BCUT2D eigenvalue weighted by atomic mass is 9.86. The van der Waals surface area contributed by atoms with Gasteiger partial charge in [-0.2, -0.15) is 0 Å². The number of hydrogen-bond donors (Lipinski definition) is 0. The van der Waals surface area contributed by atoms with Gasteiger partial charge in [0.25, 0.3) is 0 Å². The lowest BCUT2D eigenvalue weighted by molar-refractivity contribution is 0.254. The maximum atomic E-state index is 6.26. The maximum absolute atomic E-state index is 6.26. The Morgan fingerprint density at radius 2 is 2.04 bits per heavy atom. The summed E-state index contributed by atoms with van der Waals surface area (Å²) >= 11 is 3.56. The first kappa shape index (κ1) is 19.0. The number of hydrogen-bond acceptors (Lipinski definition) is 1. The Bertz CT molecular complexity index is 706. The Hall–Kier alpha value is -1.34. The molecule has 0 saturated heterocycles. The van der Waals surface area contributed by atoms with Gasteiger partial charge in [-0.05, 0) is 42.6 Å². The lowest BCUT2D eigenvalue weighted by Gasteiger charge is -2.24. The van der Waals surface area contributed by atoms with Crippen molar-refractivity contribution in [3.05, 3.63) is 66.3 Å². The van der Waals surface area contributed by atoms with Crippen molar-refractivity contribution >= 4 is 29.8 Å². The van der Waals surface area contributed by atoms with Crippen LogP contribution in [0.25, 0.3) is 5.57 Å². The molecule has 0 amide bonds. The van der Waals surface area contributed by atoms with Crippen LogP contribution in [-0.4, -0.2) is 19.4 Å². The summed E-state index contributed by atoms with van der Waals surface area (Å²) in [6.45, 7) is 12.2. The third-order valence-electron chi connectivity index (χ3n) is 4.03. The standard InChI is InChI=1S/C21H25BrOSi/c1-5-9-19(23-24(3,4)16-22)15-14-18-13-12-17-10-7-8-11-21(17)20(18)6-2/h5-8,10-11,19H,1-2,9,12-13,16H2,3-4H3. The number of aryl methyl sites for hydroxylation is 1. The molecular formula is C21H25BrOSi. The van der Waals surface area contributed by atoms with Crippen LogP contribution in [0.1, 0.15) is 24.0 Å². The second-order valence-electron chi connectivity index (χ2n) is 6.55. The first-order valence-corrected chi connectivity index (χ1v) is 12.5. The van der Waals surface area contributed by atoms with Crippen molar-refractivity contribution < 1.29 is 4.43 Å². The number of benzene rings is 1. The molecular weight excluding hydrogens is 376 g/mol. The molecule has 2 rings (SSSR count). The molecule has 0 radical (unpaired) electrons. The monoisotopic (exact) mass is 400 g/mol. The molecule has 0 N–H and O–H groups in total. The van der Waals surface area contributed by atoms with Gasteiger partial charge in [0, 0.05) is 16.9 Å². The van der Waals surface area contributed by atoms with Crippen LogP contribution in [-0.2, 0) is 10.8 Å². The SMILES string of the molecule is C=CCC(C#CC1=C(C=C)c2ccccc2CC1)O[Si](C)(C)CBr. The normalized spacial score (nSPS) is 15.1. The van der Waals surface area contributed by atoms with Crippen molar-refractivity contribution in [2.45, 2.75) is 38.5 Å². The van der Waals surface area contributed by atoms with E-state index in [4.69, 9.17) is 4.43 Å². The van der Waals surface area contributed by atoms with E-state index >= 15 is 0 Å². The molecule has 1 unspecified atom stereocenters. The van der Waals surface area contributed by atoms with Gasteiger partial charge < -0.3 is 4.43 Å². The summed E-state index contributed by atoms with van der Waals surface area (Å²) in [4.78, 5) is 0.906. The summed E-state index contributed by atoms with van der Waals surface area (Å²) in [6, 6.07) is 8.52. The quantitative estimate of drug-likeness (QED) is 0.258. The van der Waals surface area contributed by atoms with Gasteiger partial charge in [0.05, 0.1) is 0 Å². The molecule has 1 atom stereocenters. The predicted octanol–water partition coefficient (Wildman–Crippen LogP) is 5.68. The van der Waals surface area contributed by atoms with E-state index in [1.807, 2.05) is 12.2 Å². The van der Waals surface area contributed by atoms with Gasteiger partial charge in [0.1, 0.15) is 6.10 Å². The van der Waals surface area contributed by atoms with Crippen LogP contribution < -0.4 is 0 Å². The Morgan fingerprint density at radius 1 is 1.29 bits per heavy atom. The molecule has 1 aromatic rings. The zero-order valence-corrected chi connectivity index (χ0v) is 17.2. The zero-order chi connectivity index (χ0) is 17.6. The van der Waals surface area contributed by atoms with Crippen LogP contribution in [0, 0.1) is 11.8 Å². The highest BCUT2D eigenvalue weighted by molar-refractivity contribution is 9.09. The fraction of sp³-hybridized carbons (Fsp3) is 0.333. The summed E-state index contributed by atoms with van der Waals surface area (Å²) in [5.74, 6) is 6.73. The van der Waals surface area contributed by atoms with E-state index in [1.54, 1.807) is 0 Å². The Morgan fingerprint density at radius 3 is 2.71 bits per heavy atom. The molecule has 1 aromatic carbocycles. The van der Waals surface area contributed by atoms with Crippen LogP contribution in [0.4, 0.5) is 0 Å². The van der Waals surface area contributed by atoms with Crippen molar-refractivity contribution in [1.82, 2.24) is 0 Å². The molecule has 0 aromatic heterocycles. The molecule has 24 heavy (non-hydrogen) atoms. The lowest BCUT2D eigenvalue weighted by Crippen LogP contribution is -2.37. The van der Waals surface area contributed by atoms with Crippen LogP contribution in [0.2, 0.25) is 13.1 Å². The van der Waals surface area contributed by atoms with Crippen molar-refractivity contribution in [2.75, 3.05) is 4.95 Å². The van der Waals surface area contributed by atoms with Gasteiger partial charge in [-0.15, -0.1) is 6.58 Å². The molecule has 1 aliphatic rings. The number of halogens is 1. The molecule has 0 heterocycles. The molecule has 0 aliphatic heterocycles. The highest BCUT2D eigenvalue weighted by Gasteiger charge is 2.24. The number of allylic oxidation sites excluding steroid dienone is 3. The van der Waals surface area contributed by atoms with Gasteiger partial charge in [-0.1, -0.05) is 70.8 Å². The van der Waals surface area contributed by atoms with E-state index in [0.717, 1.165) is 24.2 Å². The minimum atomic E-state index is -1.72. The zero-order valence-electron chi connectivity index (χ0n) is 14.6. The summed E-state index contributed by atoms with van der Waals surface area (Å²) < 4.78 is 6.26. The van der Waals surface area contributed by atoms with Crippen LogP contribution in [0.5, 0.6) is 0 Å². The van der Waals surface area contributed by atoms with E-state index in [1.165, 1.54) is 22.3 Å². The largest absolute Gasteiger partial charge is 0.403 e. The van der Waals surface area contributed by atoms with Gasteiger partial charge >= 0.3 is 0 Å². The molecule has 0 fully saturated rings. The first-order chi connectivity index (χ1) is 11.5. The summed E-state index contributed by atoms with van der Waals surface area (Å²) in [5, 5.41) is 0. The predicted molar refractivity (Wildman–Crippen MR) is 111 cm³/mol. The molecule has 0 spiro atoms. The average Bonchev–Trinajstić information content (AvgIpc) is 2.59. The van der Waals surface area contributed by atoms with Crippen molar-refractivity contribution in [1.29, 1.82) is 0 Å². The minimum absolute atomic E-state index is 0.0857. The fourth-order valence-corrected chi connectivity index (χ4v) is 4.18. The molecule has 1 nitrogen and oxygen atoms in total. The van der Waals surface area contributed by atoms with E-state index < -0.39 is 8.32 Å².